The van der Waals surface area contributed by atoms with E-state index in [1.54, 1.807) is 20.9 Å². The van der Waals surface area contributed by atoms with Crippen LogP contribution in [-0.2, 0) is 9.59 Å². The number of carbonyl (C=O) groups excluding carboxylic acids is 2. The second kappa shape index (κ2) is 4.72. The summed E-state index contributed by atoms with van der Waals surface area (Å²) in [6, 6.07) is 0. The van der Waals surface area contributed by atoms with Gasteiger partial charge in [0.1, 0.15) is 0 Å². The van der Waals surface area contributed by atoms with E-state index in [0.29, 0.717) is 6.54 Å². The predicted molar refractivity (Wildman–Crippen MR) is 55.0 cm³/mol. The van der Waals surface area contributed by atoms with Gasteiger partial charge in [0.25, 0.3) is 0 Å². The molecule has 0 aromatic carbocycles. The SMILES string of the molecule is CNCC(O)CN1C(=O)C(C)C(C)C1=O. The zero-order chi connectivity index (χ0) is 11.6. The monoisotopic (exact) mass is 214 g/mol. The minimum atomic E-state index is -0.694. The molecule has 5 nitrogen and oxygen atoms in total. The number of hydrogen-bond donors (Lipinski definition) is 2. The van der Waals surface area contributed by atoms with Crippen LogP contribution in [-0.4, -0.2) is 48.1 Å². The van der Waals surface area contributed by atoms with Crippen molar-refractivity contribution in [3.8, 4) is 0 Å². The van der Waals surface area contributed by atoms with Gasteiger partial charge in [-0.1, -0.05) is 13.8 Å². The van der Waals surface area contributed by atoms with Crippen LogP contribution in [0.1, 0.15) is 13.8 Å². The summed E-state index contributed by atoms with van der Waals surface area (Å²) in [6.07, 6.45) is -0.694. The molecular formula is C10H18N2O3. The molecule has 86 valence electrons. The molecule has 2 amide bonds. The van der Waals surface area contributed by atoms with Gasteiger partial charge >= 0.3 is 0 Å². The molecule has 1 rings (SSSR count). The molecule has 0 spiro atoms. The van der Waals surface area contributed by atoms with Gasteiger partial charge in [0.15, 0.2) is 0 Å². The lowest BCUT2D eigenvalue weighted by atomic mass is 10.00. The van der Waals surface area contributed by atoms with E-state index in [9.17, 15) is 14.7 Å². The molecule has 1 aliphatic heterocycles. The average molecular weight is 214 g/mol. The summed E-state index contributed by atoms with van der Waals surface area (Å²) in [7, 11) is 1.71. The molecule has 2 N–H and O–H groups in total. The number of hydrogen-bond acceptors (Lipinski definition) is 4. The Balaban J connectivity index is 2.62. The third kappa shape index (κ3) is 2.35. The molecule has 1 aliphatic rings. The van der Waals surface area contributed by atoms with Crippen LogP contribution in [0.5, 0.6) is 0 Å². The number of rotatable bonds is 4. The Hall–Kier alpha value is -0.940. The Kier molecular flexibility index (Phi) is 3.82. The number of carbonyl (C=O) groups is 2. The zero-order valence-corrected chi connectivity index (χ0v) is 9.36. The fraction of sp³-hybridized carbons (Fsp3) is 0.800. The van der Waals surface area contributed by atoms with Gasteiger partial charge in [-0.3, -0.25) is 14.5 Å². The molecule has 0 aromatic rings. The summed E-state index contributed by atoms with van der Waals surface area (Å²) in [5.74, 6) is -0.885. The van der Waals surface area contributed by atoms with Gasteiger partial charge in [0.2, 0.25) is 11.8 Å². The van der Waals surface area contributed by atoms with E-state index in [1.807, 2.05) is 0 Å². The maximum Gasteiger partial charge on any atom is 0.232 e. The van der Waals surface area contributed by atoms with E-state index in [2.05, 4.69) is 5.32 Å². The van der Waals surface area contributed by atoms with Gasteiger partial charge in [-0.15, -0.1) is 0 Å². The van der Waals surface area contributed by atoms with Crippen LogP contribution >= 0.6 is 0 Å². The summed E-state index contributed by atoms with van der Waals surface area (Å²) in [5.41, 5.74) is 0. The van der Waals surface area contributed by atoms with Crippen molar-refractivity contribution in [2.24, 2.45) is 11.8 Å². The molecule has 1 saturated heterocycles. The second-order valence-corrected chi connectivity index (χ2v) is 4.08. The molecular weight excluding hydrogens is 196 g/mol. The van der Waals surface area contributed by atoms with Crippen LogP contribution in [0.25, 0.3) is 0 Å². The lowest BCUT2D eigenvalue weighted by Crippen LogP contribution is -2.41. The van der Waals surface area contributed by atoms with Crippen LogP contribution in [0.15, 0.2) is 0 Å². The number of likely N-dealkylation sites (tertiary alicyclic amines) is 1. The smallest absolute Gasteiger partial charge is 0.232 e. The highest BCUT2D eigenvalue weighted by atomic mass is 16.3. The molecule has 5 heteroatoms. The third-order valence-electron chi connectivity index (χ3n) is 2.89. The average Bonchev–Trinajstić information content (AvgIpc) is 2.36. The van der Waals surface area contributed by atoms with E-state index >= 15 is 0 Å². The van der Waals surface area contributed by atoms with Gasteiger partial charge in [-0.05, 0) is 7.05 Å². The molecule has 0 bridgehead atoms. The largest absolute Gasteiger partial charge is 0.390 e. The van der Waals surface area contributed by atoms with Gasteiger partial charge in [0.05, 0.1) is 12.6 Å². The normalized spacial score (nSPS) is 28.7. The Morgan fingerprint density at radius 3 is 2.20 bits per heavy atom. The molecule has 0 saturated carbocycles. The number of β-amino-alcohol motifs (C(OH)–C–C–N with tert-alkyl or cyclic N) is 1. The first-order chi connectivity index (χ1) is 6.99. The van der Waals surface area contributed by atoms with Gasteiger partial charge in [-0.25, -0.2) is 0 Å². The molecule has 1 fully saturated rings. The number of likely N-dealkylation sites (N-methyl/N-ethyl adjacent to an activating group) is 1. The summed E-state index contributed by atoms with van der Waals surface area (Å²) in [6.45, 7) is 3.96. The molecule has 15 heavy (non-hydrogen) atoms. The predicted octanol–water partition coefficient (Wildman–Crippen LogP) is -0.792. The van der Waals surface area contributed by atoms with Crippen molar-refractivity contribution in [2.75, 3.05) is 20.1 Å². The van der Waals surface area contributed by atoms with E-state index in [1.165, 1.54) is 0 Å². The maximum atomic E-state index is 11.6. The van der Waals surface area contributed by atoms with Crippen molar-refractivity contribution in [1.29, 1.82) is 0 Å². The molecule has 0 aliphatic carbocycles. The van der Waals surface area contributed by atoms with Gasteiger partial charge in [0, 0.05) is 18.4 Å². The quantitative estimate of drug-likeness (QED) is 0.602. The number of amides is 2. The van der Waals surface area contributed by atoms with Crippen molar-refractivity contribution < 1.29 is 14.7 Å². The van der Waals surface area contributed by atoms with Gasteiger partial charge < -0.3 is 10.4 Å². The van der Waals surface area contributed by atoms with Crippen molar-refractivity contribution in [1.82, 2.24) is 10.2 Å². The van der Waals surface area contributed by atoms with Gasteiger partial charge in [-0.2, -0.15) is 0 Å². The summed E-state index contributed by atoms with van der Waals surface area (Å²) < 4.78 is 0. The molecule has 0 aromatic heterocycles. The molecule has 0 radical (unpaired) electrons. The highest BCUT2D eigenvalue weighted by molar-refractivity contribution is 6.04. The number of imide groups is 1. The second-order valence-electron chi connectivity index (χ2n) is 4.08. The number of aliphatic hydroxyl groups excluding tert-OH is 1. The highest BCUT2D eigenvalue weighted by Crippen LogP contribution is 2.25. The lowest BCUT2D eigenvalue weighted by Gasteiger charge is -2.18. The van der Waals surface area contributed by atoms with Crippen molar-refractivity contribution in [2.45, 2.75) is 20.0 Å². The summed E-state index contributed by atoms with van der Waals surface area (Å²) in [4.78, 5) is 24.4. The Labute approximate surface area is 89.4 Å². The molecule has 1 heterocycles. The van der Waals surface area contributed by atoms with Crippen molar-refractivity contribution in [3.63, 3.8) is 0 Å². The fourth-order valence-corrected chi connectivity index (χ4v) is 1.72. The minimum Gasteiger partial charge on any atom is -0.390 e. The highest BCUT2D eigenvalue weighted by Gasteiger charge is 2.42. The van der Waals surface area contributed by atoms with Crippen molar-refractivity contribution in [3.05, 3.63) is 0 Å². The Morgan fingerprint density at radius 2 is 1.80 bits per heavy atom. The maximum absolute atomic E-state index is 11.6. The van der Waals surface area contributed by atoms with Crippen LogP contribution < -0.4 is 5.32 Å². The zero-order valence-electron chi connectivity index (χ0n) is 9.36. The Morgan fingerprint density at radius 1 is 1.33 bits per heavy atom. The van der Waals surface area contributed by atoms with Crippen LogP contribution in [0.4, 0.5) is 0 Å². The number of nitrogens with zero attached hydrogens (tertiary/aromatic N) is 1. The van der Waals surface area contributed by atoms with Crippen LogP contribution in [0.3, 0.4) is 0 Å². The van der Waals surface area contributed by atoms with E-state index < -0.39 is 6.10 Å². The van der Waals surface area contributed by atoms with Crippen LogP contribution in [0, 0.1) is 11.8 Å². The first-order valence-electron chi connectivity index (χ1n) is 5.17. The summed E-state index contributed by atoms with van der Waals surface area (Å²) in [5, 5.41) is 12.3. The standard InChI is InChI=1S/C10H18N2O3/c1-6-7(2)10(15)12(9(6)14)5-8(13)4-11-3/h6-8,11,13H,4-5H2,1-3H3. The topological polar surface area (TPSA) is 69.6 Å². The van der Waals surface area contributed by atoms with E-state index in [4.69, 9.17) is 0 Å². The Bertz CT molecular complexity index is 247. The minimum absolute atomic E-state index is 0.0905. The lowest BCUT2D eigenvalue weighted by molar-refractivity contribution is -0.141. The molecule has 3 unspecified atom stereocenters. The van der Waals surface area contributed by atoms with Crippen molar-refractivity contribution >= 4 is 11.8 Å². The van der Waals surface area contributed by atoms with Crippen LogP contribution in [0.2, 0.25) is 0 Å². The first kappa shape index (κ1) is 12.1. The summed E-state index contributed by atoms with van der Waals surface area (Å²) >= 11 is 0. The number of nitrogens with one attached hydrogen (secondary N) is 1. The molecule has 3 atom stereocenters. The first-order valence-corrected chi connectivity index (χ1v) is 5.17. The van der Waals surface area contributed by atoms with E-state index in [-0.39, 0.29) is 30.2 Å². The van der Waals surface area contributed by atoms with E-state index in [0.717, 1.165) is 4.90 Å². The fourth-order valence-electron chi connectivity index (χ4n) is 1.72. The third-order valence-corrected chi connectivity index (χ3v) is 2.89. The number of aliphatic hydroxyl groups is 1.